The number of halogens is 1. The van der Waals surface area contributed by atoms with Gasteiger partial charge in [0, 0.05) is 5.92 Å². The van der Waals surface area contributed by atoms with E-state index in [4.69, 9.17) is 0 Å². The van der Waals surface area contributed by atoms with Gasteiger partial charge < -0.3 is 4.98 Å². The van der Waals surface area contributed by atoms with Gasteiger partial charge in [0.05, 0.1) is 16.3 Å². The number of benzene rings is 1. The van der Waals surface area contributed by atoms with Crippen LogP contribution in [0.3, 0.4) is 0 Å². The molecule has 1 heterocycles. The van der Waals surface area contributed by atoms with Crippen LogP contribution in [0.4, 0.5) is 4.39 Å². The van der Waals surface area contributed by atoms with Crippen LogP contribution in [0.1, 0.15) is 54.7 Å². The molecule has 25 heavy (non-hydrogen) atoms. The second-order valence-corrected chi connectivity index (χ2v) is 8.36. The van der Waals surface area contributed by atoms with Gasteiger partial charge in [0.1, 0.15) is 12.5 Å². The van der Waals surface area contributed by atoms with Gasteiger partial charge in [-0.05, 0) is 25.5 Å². The molecule has 2 rings (SSSR count). The molecule has 0 aliphatic rings. The summed E-state index contributed by atoms with van der Waals surface area (Å²) in [6, 6.07) is 6.18. The number of carbonyl (C=O) groups is 1. The van der Waals surface area contributed by atoms with Crippen LogP contribution in [-0.2, 0) is 21.1 Å². The predicted molar refractivity (Wildman–Crippen MR) is 94.1 cm³/mol. The molecule has 0 saturated carbocycles. The van der Waals surface area contributed by atoms with Gasteiger partial charge in [0.25, 0.3) is 0 Å². The molecule has 1 unspecified atom stereocenters. The van der Waals surface area contributed by atoms with Crippen molar-refractivity contribution in [2.75, 3.05) is 6.67 Å². The molecule has 0 amide bonds. The molecule has 1 atom stereocenters. The molecule has 0 spiro atoms. The van der Waals surface area contributed by atoms with Crippen molar-refractivity contribution >= 4 is 15.6 Å². The van der Waals surface area contributed by atoms with Crippen LogP contribution in [0, 0.1) is 6.92 Å². The SMILES string of the molecule is CCc1nc(C(C)C)[nH]c1C(C(=O)CF)S(=O)(=O)c1ccc(C)cc1. The van der Waals surface area contributed by atoms with Gasteiger partial charge in [-0.25, -0.2) is 17.8 Å². The minimum atomic E-state index is -4.09. The van der Waals surface area contributed by atoms with Gasteiger partial charge in [-0.2, -0.15) is 0 Å². The summed E-state index contributed by atoms with van der Waals surface area (Å²) < 4.78 is 39.3. The average Bonchev–Trinajstić information content (AvgIpc) is 2.99. The molecule has 7 heteroatoms. The lowest BCUT2D eigenvalue weighted by Crippen LogP contribution is -2.25. The number of hydrogen-bond donors (Lipinski definition) is 1. The quantitative estimate of drug-likeness (QED) is 0.814. The number of aromatic nitrogens is 2. The number of aromatic amines is 1. The number of carbonyl (C=O) groups excluding carboxylic acids is 1. The fourth-order valence-corrected chi connectivity index (χ4v) is 4.33. The largest absolute Gasteiger partial charge is 0.344 e. The molecule has 1 N–H and O–H groups in total. The van der Waals surface area contributed by atoms with E-state index in [1.165, 1.54) is 12.1 Å². The molecule has 0 fully saturated rings. The van der Waals surface area contributed by atoms with Crippen molar-refractivity contribution < 1.29 is 17.6 Å². The smallest absolute Gasteiger partial charge is 0.194 e. The van der Waals surface area contributed by atoms with Crippen LogP contribution >= 0.6 is 0 Å². The highest BCUT2D eigenvalue weighted by Gasteiger charge is 2.38. The topological polar surface area (TPSA) is 79.9 Å². The Morgan fingerprint density at radius 1 is 1.24 bits per heavy atom. The summed E-state index contributed by atoms with van der Waals surface area (Å²) in [6.07, 6.45) is 0.442. The Balaban J connectivity index is 2.65. The number of imidazole rings is 1. The summed E-state index contributed by atoms with van der Waals surface area (Å²) in [4.78, 5) is 19.6. The number of Topliss-reactive ketones (excluding diaryl/α,β-unsaturated/α-hetero) is 1. The van der Waals surface area contributed by atoms with Gasteiger partial charge in [-0.1, -0.05) is 38.5 Å². The van der Waals surface area contributed by atoms with Crippen LogP contribution in [0.15, 0.2) is 29.2 Å². The number of sulfone groups is 1. The molecule has 0 radical (unpaired) electrons. The summed E-state index contributed by atoms with van der Waals surface area (Å²) in [5.41, 5.74) is 1.55. The van der Waals surface area contributed by atoms with Crippen molar-refractivity contribution in [3.05, 3.63) is 47.0 Å². The summed E-state index contributed by atoms with van der Waals surface area (Å²) in [5, 5.41) is -1.62. The van der Waals surface area contributed by atoms with E-state index in [1.807, 2.05) is 27.7 Å². The standard InChI is InChI=1S/C18H23FN2O3S/c1-5-14-16(21-18(20-14)11(2)3)17(15(22)10-19)25(23,24)13-8-6-12(4)7-9-13/h6-9,11,17H,5,10H2,1-4H3,(H,20,21). The van der Waals surface area contributed by atoms with E-state index in [-0.39, 0.29) is 16.5 Å². The van der Waals surface area contributed by atoms with Gasteiger partial charge in [-0.15, -0.1) is 0 Å². The first-order chi connectivity index (χ1) is 11.7. The van der Waals surface area contributed by atoms with Crippen LogP contribution in [0.5, 0.6) is 0 Å². The van der Waals surface area contributed by atoms with Gasteiger partial charge >= 0.3 is 0 Å². The Labute approximate surface area is 147 Å². The molecule has 1 aromatic carbocycles. The minimum Gasteiger partial charge on any atom is -0.344 e. The number of rotatable bonds is 7. The van der Waals surface area contributed by atoms with Crippen LogP contribution < -0.4 is 0 Å². The van der Waals surface area contributed by atoms with Crippen molar-refractivity contribution in [3.63, 3.8) is 0 Å². The summed E-state index contributed by atoms with van der Waals surface area (Å²) >= 11 is 0. The third-order valence-corrected chi connectivity index (χ3v) is 6.11. The molecule has 0 aliphatic carbocycles. The second kappa shape index (κ2) is 7.47. The maximum Gasteiger partial charge on any atom is 0.194 e. The zero-order valence-corrected chi connectivity index (χ0v) is 15.7. The Morgan fingerprint density at radius 3 is 2.32 bits per heavy atom. The van der Waals surface area contributed by atoms with E-state index in [0.29, 0.717) is 17.9 Å². The molecule has 136 valence electrons. The van der Waals surface area contributed by atoms with Gasteiger partial charge in [0.2, 0.25) is 0 Å². The Hall–Kier alpha value is -2.02. The van der Waals surface area contributed by atoms with Crippen molar-refractivity contribution in [1.29, 1.82) is 0 Å². The number of nitrogens with zero attached hydrogens (tertiary/aromatic N) is 1. The molecular formula is C18H23FN2O3S. The fourth-order valence-electron chi connectivity index (χ4n) is 2.63. The summed E-state index contributed by atoms with van der Waals surface area (Å²) in [5.74, 6) is -0.376. The van der Waals surface area contributed by atoms with Gasteiger partial charge in [-0.3, -0.25) is 4.79 Å². The Bertz CT molecular complexity index is 855. The van der Waals surface area contributed by atoms with E-state index in [2.05, 4.69) is 9.97 Å². The van der Waals surface area contributed by atoms with E-state index in [9.17, 15) is 17.6 Å². The molecule has 0 bridgehead atoms. The first kappa shape index (κ1) is 19.3. The molecule has 0 aliphatic heterocycles. The minimum absolute atomic E-state index is 0.00681. The highest BCUT2D eigenvalue weighted by Crippen LogP contribution is 2.32. The van der Waals surface area contributed by atoms with Crippen molar-refractivity contribution in [1.82, 2.24) is 9.97 Å². The second-order valence-electron chi connectivity index (χ2n) is 6.33. The first-order valence-corrected chi connectivity index (χ1v) is 9.74. The highest BCUT2D eigenvalue weighted by molar-refractivity contribution is 7.92. The molecule has 0 saturated heterocycles. The summed E-state index contributed by atoms with van der Waals surface area (Å²) in [7, 11) is -4.09. The van der Waals surface area contributed by atoms with Crippen molar-refractivity contribution in [3.8, 4) is 0 Å². The average molecular weight is 366 g/mol. The number of ketones is 1. The number of aryl methyl sites for hydroxylation is 2. The lowest BCUT2D eigenvalue weighted by Gasteiger charge is -2.16. The lowest BCUT2D eigenvalue weighted by molar-refractivity contribution is -0.119. The van der Waals surface area contributed by atoms with Crippen molar-refractivity contribution in [2.24, 2.45) is 0 Å². The Kier molecular flexibility index (Phi) is 5.77. The predicted octanol–water partition coefficient (Wildman–Crippen LogP) is 3.46. The van der Waals surface area contributed by atoms with Gasteiger partial charge in [0.15, 0.2) is 20.9 Å². The third-order valence-electron chi connectivity index (χ3n) is 4.06. The number of hydrogen-bond acceptors (Lipinski definition) is 4. The third kappa shape index (κ3) is 3.81. The molecular weight excluding hydrogens is 343 g/mol. The molecule has 2 aromatic rings. The van der Waals surface area contributed by atoms with Crippen LogP contribution in [0.2, 0.25) is 0 Å². The summed E-state index contributed by atoms with van der Waals surface area (Å²) in [6.45, 7) is 6.11. The first-order valence-electron chi connectivity index (χ1n) is 8.20. The fraction of sp³-hybridized carbons (Fsp3) is 0.444. The van der Waals surface area contributed by atoms with Crippen LogP contribution in [-0.4, -0.2) is 30.8 Å². The normalized spacial score (nSPS) is 13.2. The molecule has 1 aromatic heterocycles. The van der Waals surface area contributed by atoms with Crippen molar-refractivity contribution in [2.45, 2.75) is 50.2 Å². The molecule has 5 nitrogen and oxygen atoms in total. The number of nitrogens with one attached hydrogen (secondary N) is 1. The van der Waals surface area contributed by atoms with E-state index in [1.54, 1.807) is 12.1 Å². The number of H-pyrrole nitrogens is 1. The lowest BCUT2D eigenvalue weighted by atomic mass is 10.1. The zero-order chi connectivity index (χ0) is 18.8. The van der Waals surface area contributed by atoms with E-state index < -0.39 is 27.5 Å². The highest BCUT2D eigenvalue weighted by atomic mass is 32.2. The number of alkyl halides is 1. The maximum absolute atomic E-state index is 13.2. The van der Waals surface area contributed by atoms with Crippen LogP contribution in [0.25, 0.3) is 0 Å². The van der Waals surface area contributed by atoms with E-state index >= 15 is 0 Å². The zero-order valence-electron chi connectivity index (χ0n) is 14.8. The van der Waals surface area contributed by atoms with E-state index in [0.717, 1.165) is 5.56 Å². The monoisotopic (exact) mass is 366 g/mol. The maximum atomic E-state index is 13.2. The Morgan fingerprint density at radius 2 is 1.84 bits per heavy atom.